The molecule has 2 aromatic heterocycles. The van der Waals surface area contributed by atoms with E-state index in [0.717, 1.165) is 35.1 Å². The fourth-order valence-corrected chi connectivity index (χ4v) is 2.33. The molecule has 2 aromatic rings. The minimum absolute atomic E-state index is 0.625. The Hall–Kier alpha value is -1.00. The quantitative estimate of drug-likeness (QED) is 0.768. The number of thiophene rings is 1. The summed E-state index contributed by atoms with van der Waals surface area (Å²) in [6.07, 6.45) is 3.39. The van der Waals surface area contributed by atoms with Crippen molar-refractivity contribution in [3.05, 3.63) is 23.5 Å². The maximum absolute atomic E-state index is 5.63. The van der Waals surface area contributed by atoms with Gasteiger partial charge in [0.15, 0.2) is 11.7 Å². The van der Waals surface area contributed by atoms with Crippen LogP contribution < -0.4 is 4.74 Å². The second-order valence-corrected chi connectivity index (χ2v) is 4.52. The average Bonchev–Trinajstić information content (AvgIpc) is 2.94. The minimum Gasteiger partial charge on any atom is -0.495 e. The molecule has 16 heavy (non-hydrogen) atoms. The molecule has 0 aliphatic heterocycles. The fraction of sp³-hybridized carbons (Fsp3) is 0.364. The molecule has 0 saturated heterocycles. The van der Waals surface area contributed by atoms with Crippen molar-refractivity contribution in [2.75, 3.05) is 13.0 Å². The van der Waals surface area contributed by atoms with Crippen LogP contribution in [-0.4, -0.2) is 18.0 Å². The number of aromatic nitrogens is 1. The molecule has 0 bridgehead atoms. The fourth-order valence-electron chi connectivity index (χ4n) is 1.39. The number of methoxy groups -OCH3 is 1. The molecule has 3 nitrogen and oxygen atoms in total. The number of aryl methyl sites for hydroxylation is 1. The Bertz CT molecular complexity index is 452. The van der Waals surface area contributed by atoms with Crippen LogP contribution in [0.2, 0.25) is 0 Å². The third-order valence-corrected chi connectivity index (χ3v) is 3.33. The summed E-state index contributed by atoms with van der Waals surface area (Å²) in [6, 6.07) is 1.92. The van der Waals surface area contributed by atoms with Gasteiger partial charge in [0.25, 0.3) is 0 Å². The van der Waals surface area contributed by atoms with Gasteiger partial charge in [0.05, 0.1) is 13.3 Å². The van der Waals surface area contributed by atoms with Gasteiger partial charge in [-0.05, 0) is 17.9 Å². The Balaban J connectivity index is 2.18. The molecule has 0 N–H and O–H groups in total. The van der Waals surface area contributed by atoms with E-state index < -0.39 is 0 Å². The molecule has 0 aromatic carbocycles. The van der Waals surface area contributed by atoms with E-state index in [4.69, 9.17) is 20.8 Å². The van der Waals surface area contributed by atoms with E-state index in [1.54, 1.807) is 24.6 Å². The maximum Gasteiger partial charge on any atom is 0.194 e. The van der Waals surface area contributed by atoms with Gasteiger partial charge in [-0.3, -0.25) is 0 Å². The summed E-state index contributed by atoms with van der Waals surface area (Å²) >= 11 is 7.20. The molecule has 2 heterocycles. The van der Waals surface area contributed by atoms with Crippen molar-refractivity contribution >= 4 is 22.9 Å². The van der Waals surface area contributed by atoms with Gasteiger partial charge in [0.2, 0.25) is 0 Å². The molecule has 0 aliphatic rings. The first-order valence-electron chi connectivity index (χ1n) is 4.97. The number of halogens is 1. The summed E-state index contributed by atoms with van der Waals surface area (Å²) < 4.78 is 10.9. The molecule has 0 atom stereocenters. The van der Waals surface area contributed by atoms with E-state index >= 15 is 0 Å². The van der Waals surface area contributed by atoms with Gasteiger partial charge < -0.3 is 9.15 Å². The monoisotopic (exact) mass is 257 g/mol. The molecule has 0 fully saturated rings. The number of hydrogen-bond donors (Lipinski definition) is 0. The van der Waals surface area contributed by atoms with E-state index in [9.17, 15) is 0 Å². The van der Waals surface area contributed by atoms with Crippen LogP contribution in [0.1, 0.15) is 12.3 Å². The zero-order chi connectivity index (χ0) is 11.4. The molecule has 0 unspecified atom stereocenters. The third-order valence-electron chi connectivity index (χ3n) is 2.15. The Morgan fingerprint density at radius 1 is 1.56 bits per heavy atom. The highest BCUT2D eigenvalue weighted by atomic mass is 35.5. The van der Waals surface area contributed by atoms with E-state index in [2.05, 4.69) is 4.98 Å². The summed E-state index contributed by atoms with van der Waals surface area (Å²) in [5, 5.41) is 1.97. The Kier molecular flexibility index (Phi) is 3.85. The van der Waals surface area contributed by atoms with E-state index in [1.807, 2.05) is 11.4 Å². The number of hydrogen-bond acceptors (Lipinski definition) is 4. The number of nitrogens with zero attached hydrogens (tertiary/aromatic N) is 1. The summed E-state index contributed by atoms with van der Waals surface area (Å²) in [4.78, 5) is 5.19. The van der Waals surface area contributed by atoms with Crippen LogP contribution in [-0.2, 0) is 6.42 Å². The standard InChI is InChI=1S/C11H12ClNO2S/c1-14-8-4-6-16-11(8)9-7-13-10(15-9)3-2-5-12/h4,6-7H,2-3,5H2,1H3. The summed E-state index contributed by atoms with van der Waals surface area (Å²) in [5.74, 6) is 2.94. The topological polar surface area (TPSA) is 35.3 Å². The molecular weight excluding hydrogens is 246 g/mol. The molecule has 0 aliphatic carbocycles. The molecular formula is C11H12ClNO2S. The van der Waals surface area contributed by atoms with Crippen LogP contribution in [0.5, 0.6) is 5.75 Å². The van der Waals surface area contributed by atoms with Gasteiger partial charge in [-0.1, -0.05) is 0 Å². The average molecular weight is 258 g/mol. The van der Waals surface area contributed by atoms with E-state index in [0.29, 0.717) is 5.88 Å². The number of alkyl halides is 1. The van der Waals surface area contributed by atoms with Crippen LogP contribution in [0, 0.1) is 0 Å². The summed E-state index contributed by atoms with van der Waals surface area (Å²) in [6.45, 7) is 0. The van der Waals surface area contributed by atoms with Crippen molar-refractivity contribution in [3.63, 3.8) is 0 Å². The van der Waals surface area contributed by atoms with Crippen molar-refractivity contribution in [2.24, 2.45) is 0 Å². The Morgan fingerprint density at radius 3 is 3.19 bits per heavy atom. The van der Waals surface area contributed by atoms with Crippen molar-refractivity contribution in [3.8, 4) is 16.4 Å². The van der Waals surface area contributed by atoms with Gasteiger partial charge in [-0.2, -0.15) is 0 Å². The molecule has 0 saturated carbocycles. The van der Waals surface area contributed by atoms with E-state index in [-0.39, 0.29) is 0 Å². The lowest BCUT2D eigenvalue weighted by atomic mass is 10.3. The predicted octanol–water partition coefficient (Wildman–Crippen LogP) is 3.58. The predicted molar refractivity (Wildman–Crippen MR) is 65.4 cm³/mol. The lowest BCUT2D eigenvalue weighted by Crippen LogP contribution is -1.84. The Morgan fingerprint density at radius 2 is 2.44 bits per heavy atom. The Labute approximate surface area is 103 Å². The maximum atomic E-state index is 5.63. The lowest BCUT2D eigenvalue weighted by Gasteiger charge is -1.97. The molecule has 0 amide bonds. The number of rotatable bonds is 5. The van der Waals surface area contributed by atoms with Crippen LogP contribution in [0.4, 0.5) is 0 Å². The summed E-state index contributed by atoms with van der Waals surface area (Å²) in [7, 11) is 1.65. The summed E-state index contributed by atoms with van der Waals surface area (Å²) in [5.41, 5.74) is 0. The SMILES string of the molecule is COc1ccsc1-c1cnc(CCCCl)o1. The molecule has 0 radical (unpaired) electrons. The highest BCUT2D eigenvalue weighted by Gasteiger charge is 2.12. The second-order valence-electron chi connectivity index (χ2n) is 3.23. The number of ether oxygens (including phenoxy) is 1. The van der Waals surface area contributed by atoms with Crippen LogP contribution >= 0.6 is 22.9 Å². The normalized spacial score (nSPS) is 10.6. The first-order valence-corrected chi connectivity index (χ1v) is 6.39. The van der Waals surface area contributed by atoms with Crippen molar-refractivity contribution in [1.82, 2.24) is 4.98 Å². The molecule has 5 heteroatoms. The zero-order valence-electron chi connectivity index (χ0n) is 8.90. The van der Waals surface area contributed by atoms with Crippen molar-refractivity contribution in [2.45, 2.75) is 12.8 Å². The van der Waals surface area contributed by atoms with Crippen LogP contribution in [0.3, 0.4) is 0 Å². The first-order chi connectivity index (χ1) is 7.85. The lowest BCUT2D eigenvalue weighted by molar-refractivity contribution is 0.415. The highest BCUT2D eigenvalue weighted by Crippen LogP contribution is 2.35. The van der Waals surface area contributed by atoms with Gasteiger partial charge >= 0.3 is 0 Å². The largest absolute Gasteiger partial charge is 0.495 e. The zero-order valence-corrected chi connectivity index (χ0v) is 10.5. The van der Waals surface area contributed by atoms with Crippen molar-refractivity contribution in [1.29, 1.82) is 0 Å². The van der Waals surface area contributed by atoms with Gasteiger partial charge in [0.1, 0.15) is 10.6 Å². The van der Waals surface area contributed by atoms with Gasteiger partial charge in [-0.15, -0.1) is 22.9 Å². The molecule has 0 spiro atoms. The highest BCUT2D eigenvalue weighted by molar-refractivity contribution is 7.13. The minimum atomic E-state index is 0.625. The second kappa shape index (κ2) is 5.37. The van der Waals surface area contributed by atoms with Crippen molar-refractivity contribution < 1.29 is 9.15 Å². The molecule has 2 rings (SSSR count). The smallest absolute Gasteiger partial charge is 0.194 e. The van der Waals surface area contributed by atoms with Crippen LogP contribution in [0.15, 0.2) is 22.1 Å². The van der Waals surface area contributed by atoms with Gasteiger partial charge in [-0.25, -0.2) is 4.98 Å². The first kappa shape index (κ1) is 11.5. The number of oxazole rings is 1. The third kappa shape index (κ3) is 2.39. The van der Waals surface area contributed by atoms with Gasteiger partial charge in [0, 0.05) is 12.3 Å². The van der Waals surface area contributed by atoms with E-state index in [1.165, 1.54) is 0 Å². The van der Waals surface area contributed by atoms with Crippen LogP contribution in [0.25, 0.3) is 10.6 Å². The molecule has 86 valence electrons.